The molecule has 12 heteroatoms. The number of alkyl halides is 12. The Morgan fingerprint density at radius 2 is 0.762 bits per heavy atom. The Balaban J connectivity index is 0. The highest BCUT2D eigenvalue weighted by Crippen LogP contribution is 2.47. The molecule has 0 rings (SSSR count). The first-order valence-electron chi connectivity index (χ1n) is 5.14. The average molecular weight is 346 g/mol. The Labute approximate surface area is 111 Å². The van der Waals surface area contributed by atoms with Gasteiger partial charge in [-0.25, -0.2) is 0 Å². The third kappa shape index (κ3) is 5.46. The van der Waals surface area contributed by atoms with Crippen LogP contribution in [-0.4, -0.2) is 30.1 Å². The fourth-order valence-corrected chi connectivity index (χ4v) is 0.630. The summed E-state index contributed by atoms with van der Waals surface area (Å²) >= 11 is 0. The minimum Gasteiger partial charge on any atom is -0.200 e. The molecule has 0 aromatic rings. The second-order valence-electron chi connectivity index (χ2n) is 3.69. The van der Waals surface area contributed by atoms with Crippen LogP contribution in [0, 0.1) is 0 Å². The lowest BCUT2D eigenvalue weighted by molar-refractivity contribution is -0.354. The second kappa shape index (κ2) is 6.51. The maximum atomic E-state index is 12.0. The molecule has 0 saturated heterocycles. The molecule has 0 aliphatic heterocycles. The maximum Gasteiger partial charge on any atom is 0.459 e. The molecule has 0 nitrogen and oxygen atoms in total. The molecule has 0 radical (unpaired) electrons. The van der Waals surface area contributed by atoms with Crippen molar-refractivity contribution in [3.05, 3.63) is 0 Å². The van der Waals surface area contributed by atoms with Crippen LogP contribution in [-0.2, 0) is 0 Å². The van der Waals surface area contributed by atoms with Crippen molar-refractivity contribution in [1.82, 2.24) is 0 Å². The summed E-state index contributed by atoms with van der Waals surface area (Å²) in [6, 6.07) is 0. The lowest BCUT2D eigenvalue weighted by Gasteiger charge is -2.26. The number of rotatable bonds is 3. The van der Waals surface area contributed by atoms with E-state index in [1.54, 1.807) is 0 Å². The van der Waals surface area contributed by atoms with E-state index in [2.05, 4.69) is 0 Å². The zero-order valence-electron chi connectivity index (χ0n) is 10.4. The summed E-state index contributed by atoms with van der Waals surface area (Å²) in [6.45, 7) is 1.34. The van der Waals surface area contributed by atoms with E-state index in [1.807, 2.05) is 0 Å². The van der Waals surface area contributed by atoms with Crippen molar-refractivity contribution in [3.8, 4) is 0 Å². The first-order chi connectivity index (χ1) is 8.87. The summed E-state index contributed by atoms with van der Waals surface area (Å²) < 4.78 is 138. The van der Waals surface area contributed by atoms with E-state index >= 15 is 0 Å². The summed E-state index contributed by atoms with van der Waals surface area (Å²) in [5, 5.41) is 0. The van der Waals surface area contributed by atoms with Gasteiger partial charge in [0.05, 0.1) is 0 Å². The highest BCUT2D eigenvalue weighted by molar-refractivity contribution is 4.89. The number of hydrogen-bond donors (Lipinski definition) is 0. The van der Waals surface area contributed by atoms with Crippen LogP contribution >= 0.6 is 0 Å². The van der Waals surface area contributed by atoms with Gasteiger partial charge in [0.2, 0.25) is 0 Å². The maximum absolute atomic E-state index is 12.0. The van der Waals surface area contributed by atoms with Gasteiger partial charge in [0.25, 0.3) is 0 Å². The van der Waals surface area contributed by atoms with E-state index in [9.17, 15) is 52.7 Å². The summed E-state index contributed by atoms with van der Waals surface area (Å²) in [5.41, 5.74) is 0. The van der Waals surface area contributed by atoms with Crippen LogP contribution in [0.5, 0.6) is 0 Å². The predicted molar refractivity (Wildman–Crippen MR) is 47.5 cm³/mol. The van der Waals surface area contributed by atoms with Crippen LogP contribution in [0.1, 0.15) is 26.7 Å². The van der Waals surface area contributed by atoms with Crippen molar-refractivity contribution in [3.63, 3.8) is 0 Å². The van der Waals surface area contributed by atoms with Gasteiger partial charge in [0, 0.05) is 12.8 Å². The average Bonchev–Trinajstić information content (AvgIpc) is 2.26. The van der Waals surface area contributed by atoms with E-state index in [-0.39, 0.29) is 0 Å². The van der Waals surface area contributed by atoms with Crippen molar-refractivity contribution < 1.29 is 52.7 Å². The molecule has 0 atom stereocenters. The van der Waals surface area contributed by atoms with E-state index in [1.165, 1.54) is 0 Å². The largest absolute Gasteiger partial charge is 0.459 e. The lowest BCUT2D eigenvalue weighted by Crippen LogP contribution is -2.51. The molecule has 0 heterocycles. The van der Waals surface area contributed by atoms with Gasteiger partial charge in [-0.1, -0.05) is 13.8 Å². The highest BCUT2D eigenvalue weighted by atomic mass is 19.4. The second-order valence-corrected chi connectivity index (χ2v) is 3.69. The standard InChI is InChI=1S/C5H5F7.C4H5F5/c1-2-3(6,7)4(8,9)5(10,11)12;1-2-3(5,6)4(7,8)9/h2H2,1H3;2H2,1H3. The monoisotopic (exact) mass is 346 g/mol. The van der Waals surface area contributed by atoms with Gasteiger partial charge in [-0.2, -0.15) is 52.7 Å². The molecule has 130 valence electrons. The smallest absolute Gasteiger partial charge is 0.200 e. The van der Waals surface area contributed by atoms with Crippen molar-refractivity contribution in [2.45, 2.75) is 56.8 Å². The van der Waals surface area contributed by atoms with E-state index in [4.69, 9.17) is 0 Å². The molecule has 0 bridgehead atoms. The van der Waals surface area contributed by atoms with Gasteiger partial charge in [-0.3, -0.25) is 0 Å². The Morgan fingerprint density at radius 3 is 0.810 bits per heavy atom. The van der Waals surface area contributed by atoms with Gasteiger partial charge in [-0.05, 0) is 0 Å². The quantitative estimate of drug-likeness (QED) is 0.565. The van der Waals surface area contributed by atoms with Crippen LogP contribution in [0.2, 0.25) is 0 Å². The minimum absolute atomic E-state index is 0.555. The van der Waals surface area contributed by atoms with Gasteiger partial charge >= 0.3 is 30.1 Å². The van der Waals surface area contributed by atoms with E-state index in [0.717, 1.165) is 6.92 Å². The van der Waals surface area contributed by atoms with Crippen LogP contribution < -0.4 is 0 Å². The molecule has 0 unspecified atom stereocenters. The van der Waals surface area contributed by atoms with Crippen molar-refractivity contribution in [2.75, 3.05) is 0 Å². The van der Waals surface area contributed by atoms with E-state index in [0.29, 0.717) is 6.92 Å². The molecule has 21 heavy (non-hydrogen) atoms. The molecule has 0 N–H and O–H groups in total. The first kappa shape index (κ1) is 22.4. The van der Waals surface area contributed by atoms with Crippen LogP contribution in [0.3, 0.4) is 0 Å². The molecule has 0 saturated carbocycles. The van der Waals surface area contributed by atoms with Crippen LogP contribution in [0.15, 0.2) is 0 Å². The molecule has 0 aromatic carbocycles. The SMILES string of the molecule is CCC(F)(F)C(F)(F)C(F)(F)F.CCC(F)(F)C(F)(F)F. The lowest BCUT2D eigenvalue weighted by atomic mass is 10.1. The Hall–Kier alpha value is -0.840. The summed E-state index contributed by atoms with van der Waals surface area (Å²) in [4.78, 5) is 0. The summed E-state index contributed by atoms with van der Waals surface area (Å²) in [6.07, 6.45) is -14.3. The van der Waals surface area contributed by atoms with Crippen LogP contribution in [0.25, 0.3) is 0 Å². The fourth-order valence-electron chi connectivity index (χ4n) is 0.630. The number of hydrogen-bond acceptors (Lipinski definition) is 0. The molecule has 0 amide bonds. The Kier molecular flexibility index (Phi) is 6.95. The van der Waals surface area contributed by atoms with Gasteiger partial charge in [-0.15, -0.1) is 0 Å². The predicted octanol–water partition coefficient (Wildman–Crippen LogP) is 5.82. The molecular formula is C9H10F12. The fraction of sp³-hybridized carbons (Fsp3) is 1.00. The van der Waals surface area contributed by atoms with Crippen LogP contribution in [0.4, 0.5) is 52.7 Å². The summed E-state index contributed by atoms with van der Waals surface area (Å²) in [7, 11) is 0. The minimum atomic E-state index is -6.20. The number of halogens is 12. The molecule has 0 aliphatic rings. The van der Waals surface area contributed by atoms with Crippen molar-refractivity contribution in [2.24, 2.45) is 0 Å². The molecular weight excluding hydrogens is 336 g/mol. The van der Waals surface area contributed by atoms with E-state index < -0.39 is 43.0 Å². The topological polar surface area (TPSA) is 0 Å². The molecule has 0 spiro atoms. The third-order valence-corrected chi connectivity index (χ3v) is 2.12. The Morgan fingerprint density at radius 1 is 0.476 bits per heavy atom. The normalized spacial score (nSPS) is 14.6. The van der Waals surface area contributed by atoms with Gasteiger partial charge < -0.3 is 0 Å². The third-order valence-electron chi connectivity index (χ3n) is 2.12. The zero-order chi connectivity index (χ0) is 17.9. The molecule has 0 fully saturated rings. The highest BCUT2D eigenvalue weighted by Gasteiger charge is 2.71. The molecule has 0 aromatic heterocycles. The zero-order valence-corrected chi connectivity index (χ0v) is 10.4. The first-order valence-corrected chi connectivity index (χ1v) is 5.14. The van der Waals surface area contributed by atoms with Gasteiger partial charge in [0.15, 0.2) is 0 Å². The molecule has 0 aliphatic carbocycles. The van der Waals surface area contributed by atoms with Crippen molar-refractivity contribution in [1.29, 1.82) is 0 Å². The Bertz CT molecular complexity index is 310. The van der Waals surface area contributed by atoms with Crippen molar-refractivity contribution >= 4 is 0 Å². The summed E-state index contributed by atoms with van der Waals surface area (Å²) in [5.74, 6) is -15.5. The van der Waals surface area contributed by atoms with Gasteiger partial charge in [0.1, 0.15) is 0 Å².